The van der Waals surface area contributed by atoms with Crippen molar-refractivity contribution in [1.82, 2.24) is 10.3 Å². The predicted octanol–water partition coefficient (Wildman–Crippen LogP) is 2.75. The van der Waals surface area contributed by atoms with E-state index in [-0.39, 0.29) is 17.3 Å². The number of nitrogens with one attached hydrogen (secondary N) is 1. The molecular weight excluding hydrogens is 245 g/mol. The number of halogens is 1. The first kappa shape index (κ1) is 15.4. The van der Waals surface area contributed by atoms with Crippen LogP contribution in [0, 0.1) is 11.9 Å². The quantitative estimate of drug-likeness (QED) is 0.746. The van der Waals surface area contributed by atoms with Crippen LogP contribution in [0.1, 0.15) is 49.9 Å². The monoisotopic (exact) mass is 267 g/mol. The summed E-state index contributed by atoms with van der Waals surface area (Å²) < 4.78 is 13.1. The lowest BCUT2D eigenvalue weighted by molar-refractivity contribution is 0.0945. The van der Waals surface area contributed by atoms with Gasteiger partial charge in [-0.3, -0.25) is 4.79 Å². The third kappa shape index (κ3) is 5.24. The molecule has 1 heterocycles. The fourth-order valence-electron chi connectivity index (χ4n) is 2.15. The summed E-state index contributed by atoms with van der Waals surface area (Å²) in [5.41, 5.74) is 5.64. The molecule has 1 aromatic rings. The van der Waals surface area contributed by atoms with Gasteiger partial charge in [-0.15, -0.1) is 0 Å². The highest BCUT2D eigenvalue weighted by Gasteiger charge is 2.12. The number of amides is 1. The minimum Gasteiger partial charge on any atom is -0.384 e. The Balaban J connectivity index is 2.58. The Bertz CT molecular complexity index is 397. The van der Waals surface area contributed by atoms with E-state index in [1.165, 1.54) is 6.07 Å². The summed E-state index contributed by atoms with van der Waals surface area (Å²) in [6.07, 6.45) is 4.36. The van der Waals surface area contributed by atoms with Gasteiger partial charge >= 0.3 is 0 Å². The molecule has 5 heteroatoms. The molecule has 0 unspecified atom stereocenters. The van der Waals surface area contributed by atoms with Crippen LogP contribution in [0.4, 0.5) is 10.2 Å². The normalized spacial score (nSPS) is 10.7. The first-order chi connectivity index (χ1) is 9.06. The number of nitrogens with two attached hydrogens (primary N) is 1. The molecule has 19 heavy (non-hydrogen) atoms. The summed E-state index contributed by atoms with van der Waals surface area (Å²) in [4.78, 5) is 15.3. The van der Waals surface area contributed by atoms with Gasteiger partial charge in [-0.25, -0.2) is 4.98 Å². The molecule has 1 aromatic heterocycles. The molecule has 0 saturated carbocycles. The van der Waals surface area contributed by atoms with Gasteiger partial charge in [0.05, 0.1) is 0 Å². The van der Waals surface area contributed by atoms with Crippen LogP contribution in [0.3, 0.4) is 0 Å². The van der Waals surface area contributed by atoms with Crippen LogP contribution in [0.15, 0.2) is 12.1 Å². The van der Waals surface area contributed by atoms with Gasteiger partial charge in [-0.2, -0.15) is 4.39 Å². The maximum atomic E-state index is 13.1. The second kappa shape index (κ2) is 7.71. The smallest absolute Gasteiger partial charge is 0.251 e. The van der Waals surface area contributed by atoms with Gasteiger partial charge in [0, 0.05) is 18.2 Å². The maximum Gasteiger partial charge on any atom is 0.251 e. The average molecular weight is 267 g/mol. The minimum atomic E-state index is -0.733. The van der Waals surface area contributed by atoms with Gasteiger partial charge in [-0.1, -0.05) is 26.7 Å². The molecule has 1 rings (SSSR count). The molecule has 0 aliphatic rings. The summed E-state index contributed by atoms with van der Waals surface area (Å²) in [5, 5.41) is 2.83. The number of hydrogen-bond acceptors (Lipinski definition) is 3. The Morgan fingerprint density at radius 3 is 2.53 bits per heavy atom. The lowest BCUT2D eigenvalue weighted by Gasteiger charge is -2.16. The number of nitrogen functional groups attached to an aromatic ring is 1. The molecule has 0 aromatic carbocycles. The van der Waals surface area contributed by atoms with Crippen molar-refractivity contribution in [2.75, 3.05) is 12.3 Å². The zero-order chi connectivity index (χ0) is 14.3. The lowest BCUT2D eigenvalue weighted by Crippen LogP contribution is -2.29. The fourth-order valence-corrected chi connectivity index (χ4v) is 2.15. The largest absolute Gasteiger partial charge is 0.384 e. The Hall–Kier alpha value is -1.65. The average Bonchev–Trinajstić information content (AvgIpc) is 2.35. The van der Waals surface area contributed by atoms with E-state index in [4.69, 9.17) is 5.73 Å². The highest BCUT2D eigenvalue weighted by Crippen LogP contribution is 2.13. The van der Waals surface area contributed by atoms with Gasteiger partial charge in [-0.05, 0) is 24.8 Å². The van der Waals surface area contributed by atoms with Crippen LogP contribution < -0.4 is 11.1 Å². The Labute approximate surface area is 113 Å². The first-order valence-electron chi connectivity index (χ1n) is 6.78. The molecule has 106 valence electrons. The van der Waals surface area contributed by atoms with Crippen molar-refractivity contribution >= 4 is 11.7 Å². The molecule has 4 nitrogen and oxygen atoms in total. The minimum absolute atomic E-state index is 0.0174. The van der Waals surface area contributed by atoms with Gasteiger partial charge in [0.1, 0.15) is 5.82 Å². The molecule has 0 saturated heterocycles. The summed E-state index contributed by atoms with van der Waals surface area (Å²) in [6, 6.07) is 2.48. The van der Waals surface area contributed by atoms with E-state index in [1.54, 1.807) is 0 Å². The van der Waals surface area contributed by atoms with E-state index in [0.717, 1.165) is 31.7 Å². The second-order valence-electron chi connectivity index (χ2n) is 4.76. The molecule has 0 aliphatic heterocycles. The van der Waals surface area contributed by atoms with E-state index in [9.17, 15) is 9.18 Å². The van der Waals surface area contributed by atoms with Gasteiger partial charge in [0.15, 0.2) is 0 Å². The Morgan fingerprint density at radius 2 is 2.00 bits per heavy atom. The van der Waals surface area contributed by atoms with Crippen LogP contribution >= 0.6 is 0 Å². The van der Waals surface area contributed by atoms with Crippen molar-refractivity contribution in [3.05, 3.63) is 23.6 Å². The second-order valence-corrected chi connectivity index (χ2v) is 4.76. The summed E-state index contributed by atoms with van der Waals surface area (Å²) in [5.74, 6) is -0.541. The molecule has 0 fully saturated rings. The molecular formula is C14H22FN3O. The van der Waals surface area contributed by atoms with Crippen molar-refractivity contribution in [3.63, 3.8) is 0 Å². The number of rotatable bonds is 7. The van der Waals surface area contributed by atoms with E-state index in [2.05, 4.69) is 24.1 Å². The topological polar surface area (TPSA) is 68.0 Å². The van der Waals surface area contributed by atoms with Crippen LogP contribution in [-0.4, -0.2) is 17.4 Å². The molecule has 0 spiro atoms. The van der Waals surface area contributed by atoms with E-state index < -0.39 is 5.95 Å². The SMILES string of the molecule is CCCC(CCC)CNC(=O)c1cc(N)nc(F)c1. The summed E-state index contributed by atoms with van der Waals surface area (Å²) in [7, 11) is 0. The number of aromatic nitrogens is 1. The first-order valence-corrected chi connectivity index (χ1v) is 6.78. The predicted molar refractivity (Wildman–Crippen MR) is 74.2 cm³/mol. The highest BCUT2D eigenvalue weighted by molar-refractivity contribution is 5.94. The number of hydrogen-bond donors (Lipinski definition) is 2. The van der Waals surface area contributed by atoms with Crippen molar-refractivity contribution in [3.8, 4) is 0 Å². The fraction of sp³-hybridized carbons (Fsp3) is 0.571. The standard InChI is InChI=1S/C14H22FN3O/c1-3-5-10(6-4-2)9-17-14(19)11-7-12(15)18-13(16)8-11/h7-8,10H,3-6,9H2,1-2H3,(H2,16,18)(H,17,19). The Morgan fingerprint density at radius 1 is 1.37 bits per heavy atom. The number of pyridine rings is 1. The third-order valence-electron chi connectivity index (χ3n) is 3.02. The molecule has 0 aliphatic carbocycles. The summed E-state index contributed by atoms with van der Waals surface area (Å²) >= 11 is 0. The van der Waals surface area contributed by atoms with E-state index >= 15 is 0 Å². The molecule has 0 atom stereocenters. The highest BCUT2D eigenvalue weighted by atomic mass is 19.1. The van der Waals surface area contributed by atoms with Crippen LogP contribution in [0.2, 0.25) is 0 Å². The zero-order valence-corrected chi connectivity index (χ0v) is 11.6. The molecule has 0 radical (unpaired) electrons. The third-order valence-corrected chi connectivity index (χ3v) is 3.02. The van der Waals surface area contributed by atoms with E-state index in [1.807, 2.05) is 0 Å². The van der Waals surface area contributed by atoms with Gasteiger partial charge in [0.2, 0.25) is 5.95 Å². The van der Waals surface area contributed by atoms with Gasteiger partial charge in [0.25, 0.3) is 5.91 Å². The molecule has 1 amide bonds. The van der Waals surface area contributed by atoms with Crippen molar-refractivity contribution < 1.29 is 9.18 Å². The van der Waals surface area contributed by atoms with Crippen LogP contribution in [-0.2, 0) is 0 Å². The van der Waals surface area contributed by atoms with Crippen molar-refractivity contribution in [2.45, 2.75) is 39.5 Å². The summed E-state index contributed by atoms with van der Waals surface area (Å²) in [6.45, 7) is 4.87. The number of carbonyl (C=O) groups is 1. The zero-order valence-electron chi connectivity index (χ0n) is 11.6. The van der Waals surface area contributed by atoms with Crippen LogP contribution in [0.25, 0.3) is 0 Å². The van der Waals surface area contributed by atoms with Crippen molar-refractivity contribution in [1.29, 1.82) is 0 Å². The Kier molecular flexibility index (Phi) is 6.25. The number of carbonyl (C=O) groups excluding carboxylic acids is 1. The molecule has 0 bridgehead atoms. The maximum absolute atomic E-state index is 13.1. The number of nitrogens with zero attached hydrogens (tertiary/aromatic N) is 1. The van der Waals surface area contributed by atoms with Gasteiger partial charge < -0.3 is 11.1 Å². The molecule has 3 N–H and O–H groups in total. The van der Waals surface area contributed by atoms with Crippen LogP contribution in [0.5, 0.6) is 0 Å². The van der Waals surface area contributed by atoms with E-state index in [0.29, 0.717) is 12.5 Å². The number of anilines is 1. The lowest BCUT2D eigenvalue weighted by atomic mass is 9.98. The van der Waals surface area contributed by atoms with Crippen molar-refractivity contribution in [2.24, 2.45) is 5.92 Å².